The largest absolute Gasteiger partial charge is 0.383 e. The van der Waals surface area contributed by atoms with Gasteiger partial charge in [0.05, 0.1) is 30.2 Å². The fraction of sp³-hybridized carbons (Fsp3) is 0.429. The van der Waals surface area contributed by atoms with Crippen molar-refractivity contribution in [2.45, 2.75) is 51.0 Å². The van der Waals surface area contributed by atoms with Crippen molar-refractivity contribution in [3.63, 3.8) is 0 Å². The predicted octanol–water partition coefficient (Wildman–Crippen LogP) is 4.13. The van der Waals surface area contributed by atoms with Crippen molar-refractivity contribution in [1.82, 2.24) is 34.9 Å². The third-order valence-corrected chi connectivity index (χ3v) is 9.93. The summed E-state index contributed by atoms with van der Waals surface area (Å²) < 4.78 is 8.14. The number of carbonyl (C=O) groups is 1. The lowest BCUT2D eigenvalue weighted by molar-refractivity contribution is 0.0682. The molecule has 3 atom stereocenters. The van der Waals surface area contributed by atoms with Crippen LogP contribution < -0.4 is 11.1 Å². The van der Waals surface area contributed by atoms with E-state index < -0.39 is 0 Å². The Balaban J connectivity index is 0.926. The quantitative estimate of drug-likeness (QED) is 0.292. The van der Waals surface area contributed by atoms with E-state index in [0.29, 0.717) is 12.2 Å². The lowest BCUT2D eigenvalue weighted by Crippen LogP contribution is -2.43. The molecule has 3 fully saturated rings. The zero-order chi connectivity index (χ0) is 31.0. The molecule has 1 saturated heterocycles. The molecule has 45 heavy (non-hydrogen) atoms. The number of likely N-dealkylation sites (N-methyl/N-ethyl adjacent to an activating group) is 1. The van der Waals surface area contributed by atoms with Crippen molar-refractivity contribution in [1.29, 1.82) is 0 Å². The molecule has 2 saturated carbocycles. The maximum absolute atomic E-state index is 13.4. The number of hydrogen-bond donors (Lipinski definition) is 2. The number of nitrogen functional groups attached to an aromatic ring is 1. The van der Waals surface area contributed by atoms with Crippen molar-refractivity contribution in [3.8, 4) is 22.3 Å². The summed E-state index contributed by atoms with van der Waals surface area (Å²) in [4.78, 5) is 27.3. The summed E-state index contributed by atoms with van der Waals surface area (Å²) in [7, 11) is 4.04. The van der Waals surface area contributed by atoms with Crippen LogP contribution in [-0.4, -0.2) is 80.8 Å². The van der Waals surface area contributed by atoms with E-state index in [9.17, 15) is 4.79 Å². The van der Waals surface area contributed by atoms with Crippen LogP contribution in [0.1, 0.15) is 47.3 Å². The third kappa shape index (κ3) is 6.36. The normalized spacial score (nSPS) is 23.4. The van der Waals surface area contributed by atoms with Crippen LogP contribution in [0.3, 0.4) is 0 Å². The highest BCUT2D eigenvalue weighted by Gasteiger charge is 2.62. The van der Waals surface area contributed by atoms with E-state index in [4.69, 9.17) is 15.5 Å². The van der Waals surface area contributed by atoms with Gasteiger partial charge < -0.3 is 20.7 Å². The minimum absolute atomic E-state index is 0.00368. The Morgan fingerprint density at radius 2 is 1.76 bits per heavy atom. The second-order valence-electron chi connectivity index (χ2n) is 13.0. The summed E-state index contributed by atoms with van der Waals surface area (Å²) in [6.07, 6.45) is 11.5. The van der Waals surface area contributed by atoms with E-state index in [1.807, 2.05) is 19.4 Å². The molecule has 10 heteroatoms. The molecule has 2 aliphatic carbocycles. The number of nitrogens with two attached hydrogens (primary N) is 1. The smallest absolute Gasteiger partial charge is 0.255 e. The van der Waals surface area contributed by atoms with E-state index in [0.717, 1.165) is 91.9 Å². The Labute approximate surface area is 264 Å². The molecule has 3 aromatic heterocycles. The molecule has 4 aromatic rings. The molecule has 234 valence electrons. The Morgan fingerprint density at radius 1 is 0.978 bits per heavy atom. The molecule has 0 bridgehead atoms. The van der Waals surface area contributed by atoms with Crippen molar-refractivity contribution in [2.24, 2.45) is 12.5 Å². The van der Waals surface area contributed by atoms with Gasteiger partial charge in [-0.25, -0.2) is 4.98 Å². The molecule has 10 nitrogen and oxygen atoms in total. The SMILES string of the molecule is CN1CCN(Cc2ccc(-c3ccc(COC4CC45CCCC5NC(=O)c4cc(-c5cnn(C)c5)cnc4N)cc3)cn2)CC1. The predicted molar refractivity (Wildman–Crippen MR) is 174 cm³/mol. The number of benzene rings is 1. The van der Waals surface area contributed by atoms with Gasteiger partial charge in [0.1, 0.15) is 5.82 Å². The number of aryl methyl sites for hydroxylation is 1. The van der Waals surface area contributed by atoms with Gasteiger partial charge in [0.15, 0.2) is 0 Å². The number of aromatic nitrogens is 4. The minimum atomic E-state index is -0.180. The van der Waals surface area contributed by atoms with E-state index >= 15 is 0 Å². The summed E-state index contributed by atoms with van der Waals surface area (Å²) >= 11 is 0. The molecule has 0 radical (unpaired) electrons. The molecule has 3 aliphatic rings. The number of anilines is 1. The van der Waals surface area contributed by atoms with Gasteiger partial charge in [-0.15, -0.1) is 0 Å². The highest BCUT2D eigenvalue weighted by atomic mass is 16.5. The van der Waals surface area contributed by atoms with Gasteiger partial charge in [0, 0.05) is 86.5 Å². The van der Waals surface area contributed by atoms with E-state index in [1.54, 1.807) is 23.1 Å². The van der Waals surface area contributed by atoms with E-state index in [2.05, 4.69) is 68.6 Å². The Morgan fingerprint density at radius 3 is 2.49 bits per heavy atom. The van der Waals surface area contributed by atoms with Gasteiger partial charge >= 0.3 is 0 Å². The first-order chi connectivity index (χ1) is 21.9. The highest BCUT2D eigenvalue weighted by molar-refractivity contribution is 5.99. The average molecular weight is 607 g/mol. The molecule has 3 N–H and O–H groups in total. The van der Waals surface area contributed by atoms with Crippen LogP contribution in [0.25, 0.3) is 22.3 Å². The third-order valence-electron chi connectivity index (χ3n) is 9.93. The van der Waals surface area contributed by atoms with Crippen LogP contribution in [-0.2, 0) is 24.9 Å². The summed E-state index contributed by atoms with van der Waals surface area (Å²) in [5.74, 6) is 0.0525. The van der Waals surface area contributed by atoms with Gasteiger partial charge in [-0.1, -0.05) is 36.8 Å². The van der Waals surface area contributed by atoms with Gasteiger partial charge in [0.2, 0.25) is 0 Å². The fourth-order valence-corrected chi connectivity index (χ4v) is 6.99. The highest BCUT2D eigenvalue weighted by Crippen LogP contribution is 2.59. The molecule has 7 rings (SSSR count). The Hall–Kier alpha value is -4.12. The standard InChI is InChI=1S/C35H42N8O2/c1-41-12-14-43(15-13-41)22-29-10-9-26(18-37-29)25-7-5-24(6-8-25)23-45-32-17-35(32)11-3-4-31(35)40-34(44)30-16-27(19-38-33(30)36)28-20-39-42(2)21-28/h5-10,16,18-21,31-32H,3-4,11-15,17,22-23H2,1-2H3,(H2,36,38)(H,40,44). The number of hydrogen-bond acceptors (Lipinski definition) is 8. The summed E-state index contributed by atoms with van der Waals surface area (Å²) in [5.41, 5.74) is 12.8. The number of rotatable bonds is 9. The molecule has 4 heterocycles. The molecule has 1 aliphatic heterocycles. The fourth-order valence-electron chi connectivity index (χ4n) is 6.99. The van der Waals surface area contributed by atoms with Crippen molar-refractivity contribution < 1.29 is 9.53 Å². The minimum Gasteiger partial charge on any atom is -0.383 e. The average Bonchev–Trinajstić information content (AvgIpc) is 3.33. The molecular formula is C35H42N8O2. The number of carbonyl (C=O) groups excluding carboxylic acids is 1. The topological polar surface area (TPSA) is 114 Å². The van der Waals surface area contributed by atoms with Crippen molar-refractivity contribution in [2.75, 3.05) is 39.0 Å². The van der Waals surface area contributed by atoms with Gasteiger partial charge in [-0.05, 0) is 49.6 Å². The zero-order valence-corrected chi connectivity index (χ0v) is 26.2. The molecule has 1 amide bonds. The summed E-state index contributed by atoms with van der Waals surface area (Å²) in [6, 6.07) is 14.8. The maximum atomic E-state index is 13.4. The van der Waals surface area contributed by atoms with Crippen molar-refractivity contribution >= 4 is 11.7 Å². The number of piperazine rings is 1. The maximum Gasteiger partial charge on any atom is 0.255 e. The first-order valence-electron chi connectivity index (χ1n) is 16.0. The van der Waals surface area contributed by atoms with Gasteiger partial charge in [-0.2, -0.15) is 5.10 Å². The molecule has 1 aromatic carbocycles. The van der Waals surface area contributed by atoms with Gasteiger partial charge in [0.25, 0.3) is 5.91 Å². The molecule has 1 spiro atoms. The van der Waals surface area contributed by atoms with Crippen LogP contribution in [0.4, 0.5) is 5.82 Å². The number of nitrogens with zero attached hydrogens (tertiary/aromatic N) is 6. The number of ether oxygens (including phenoxy) is 1. The second kappa shape index (κ2) is 12.3. The number of nitrogens with one attached hydrogen (secondary N) is 1. The first-order valence-corrected chi connectivity index (χ1v) is 16.0. The van der Waals surface area contributed by atoms with Crippen LogP contribution in [0.15, 0.2) is 67.3 Å². The monoisotopic (exact) mass is 606 g/mol. The Bertz CT molecular complexity index is 1650. The lowest BCUT2D eigenvalue weighted by Gasteiger charge is -2.32. The van der Waals surface area contributed by atoms with Crippen LogP contribution in [0.2, 0.25) is 0 Å². The van der Waals surface area contributed by atoms with E-state index in [-0.39, 0.29) is 29.3 Å². The van der Waals surface area contributed by atoms with Crippen LogP contribution in [0.5, 0.6) is 0 Å². The number of amides is 1. The zero-order valence-electron chi connectivity index (χ0n) is 26.2. The first kappa shape index (κ1) is 29.6. The Kier molecular flexibility index (Phi) is 8.12. The second-order valence-corrected chi connectivity index (χ2v) is 13.0. The summed E-state index contributed by atoms with van der Waals surface area (Å²) in [6.45, 7) is 5.87. The van der Waals surface area contributed by atoms with Gasteiger partial charge in [-0.3, -0.25) is 19.4 Å². The van der Waals surface area contributed by atoms with E-state index in [1.165, 1.54) is 0 Å². The van der Waals surface area contributed by atoms with Crippen molar-refractivity contribution in [3.05, 3.63) is 84.1 Å². The number of pyridine rings is 2. The lowest BCUT2D eigenvalue weighted by atomic mass is 9.99. The van der Waals surface area contributed by atoms with Crippen LogP contribution >= 0.6 is 0 Å². The van der Waals surface area contributed by atoms with Crippen LogP contribution in [0, 0.1) is 5.41 Å². The molecule has 3 unspecified atom stereocenters. The molecular weight excluding hydrogens is 564 g/mol. The summed E-state index contributed by atoms with van der Waals surface area (Å²) in [5, 5.41) is 7.51.